The molecule has 0 spiro atoms. The molecule has 0 aliphatic heterocycles. The van der Waals surface area contributed by atoms with Gasteiger partial charge in [-0.2, -0.15) is 0 Å². The number of hydrogen-bond donors (Lipinski definition) is 4. The van der Waals surface area contributed by atoms with E-state index in [9.17, 15) is 28.8 Å². The molecular formula is C29H24N4O10. The summed E-state index contributed by atoms with van der Waals surface area (Å²) in [5.74, 6) is -2.70. The SMILES string of the molecule is CCOc1[nH]c(=O)n(-c2ccc(C(=O)O)cc2)c(=O)c1C=C=Cc1c(OCC)[nH]c(=O)n(-c2ccc(C(=O)O)cc2)c1=O. The number of carboxylic acid groups (broad SMARTS) is 2. The maximum absolute atomic E-state index is 13.4. The largest absolute Gasteiger partial charge is 0.479 e. The van der Waals surface area contributed by atoms with Gasteiger partial charge in [0, 0.05) is 0 Å². The summed E-state index contributed by atoms with van der Waals surface area (Å²) < 4.78 is 12.4. The highest BCUT2D eigenvalue weighted by Gasteiger charge is 2.17. The van der Waals surface area contributed by atoms with Gasteiger partial charge in [0.25, 0.3) is 11.1 Å². The van der Waals surface area contributed by atoms with Crippen molar-refractivity contribution < 1.29 is 29.3 Å². The number of nitrogens with zero attached hydrogens (tertiary/aromatic N) is 2. The van der Waals surface area contributed by atoms with Crippen molar-refractivity contribution in [3.63, 3.8) is 0 Å². The van der Waals surface area contributed by atoms with E-state index in [4.69, 9.17) is 19.7 Å². The first-order valence-corrected chi connectivity index (χ1v) is 12.7. The Morgan fingerprint density at radius 1 is 0.698 bits per heavy atom. The smallest absolute Gasteiger partial charge is 0.335 e. The lowest BCUT2D eigenvalue weighted by Crippen LogP contribution is -2.35. The Hall–Kier alpha value is -6.14. The van der Waals surface area contributed by atoms with Crippen LogP contribution >= 0.6 is 0 Å². The maximum Gasteiger partial charge on any atom is 0.335 e. The van der Waals surface area contributed by atoms with Crippen LogP contribution in [0.15, 0.2) is 73.4 Å². The summed E-state index contributed by atoms with van der Waals surface area (Å²) >= 11 is 0. The molecule has 14 nitrogen and oxygen atoms in total. The molecule has 0 aliphatic carbocycles. The zero-order valence-corrected chi connectivity index (χ0v) is 22.7. The number of H-pyrrole nitrogens is 2. The average Bonchev–Trinajstić information content (AvgIpc) is 2.96. The van der Waals surface area contributed by atoms with Gasteiger partial charge < -0.3 is 19.7 Å². The molecule has 0 aliphatic rings. The molecule has 4 rings (SSSR count). The number of carbonyl (C=O) groups is 2. The van der Waals surface area contributed by atoms with Crippen LogP contribution in [0, 0.1) is 0 Å². The summed E-state index contributed by atoms with van der Waals surface area (Å²) in [5, 5.41) is 18.3. The quantitative estimate of drug-likeness (QED) is 0.198. The molecule has 0 unspecified atom stereocenters. The van der Waals surface area contributed by atoms with Crippen molar-refractivity contribution >= 4 is 24.1 Å². The minimum atomic E-state index is -1.18. The molecule has 0 amide bonds. The standard InChI is InChI=1S/C29H24N4O10/c1-3-42-22-20(24(34)32(28(40)30-22)18-12-8-16(9-13-18)26(36)37)6-5-7-21-23(43-4-2)31-29(41)33(25(21)35)19-14-10-17(11-15-19)27(38)39/h6-15H,3-4H2,1-2H3,(H,30,40)(H,31,41)(H,36,37)(H,38,39). The minimum absolute atomic E-state index is 0.0447. The number of hydrogen-bond acceptors (Lipinski definition) is 8. The summed E-state index contributed by atoms with van der Waals surface area (Å²) in [6, 6.07) is 10.1. The van der Waals surface area contributed by atoms with Crippen LogP contribution in [0.2, 0.25) is 0 Å². The van der Waals surface area contributed by atoms with Crippen molar-refractivity contribution in [1.29, 1.82) is 0 Å². The third kappa shape index (κ3) is 6.14. The molecule has 2 heterocycles. The van der Waals surface area contributed by atoms with Gasteiger partial charge in [0.2, 0.25) is 11.8 Å². The molecule has 43 heavy (non-hydrogen) atoms. The van der Waals surface area contributed by atoms with E-state index in [1.165, 1.54) is 48.5 Å². The lowest BCUT2D eigenvalue weighted by molar-refractivity contribution is 0.0686. The van der Waals surface area contributed by atoms with Crippen molar-refractivity contribution in [3.05, 3.63) is 118 Å². The molecule has 0 bridgehead atoms. The van der Waals surface area contributed by atoms with Crippen LogP contribution in [0.4, 0.5) is 0 Å². The number of aromatic amines is 2. The van der Waals surface area contributed by atoms with Crippen LogP contribution in [0.5, 0.6) is 11.8 Å². The number of benzene rings is 2. The molecule has 4 aromatic rings. The maximum atomic E-state index is 13.4. The van der Waals surface area contributed by atoms with Gasteiger partial charge in [0.1, 0.15) is 11.1 Å². The lowest BCUT2D eigenvalue weighted by atomic mass is 10.2. The first-order valence-electron chi connectivity index (χ1n) is 12.7. The molecule has 0 radical (unpaired) electrons. The van der Waals surface area contributed by atoms with Gasteiger partial charge >= 0.3 is 23.3 Å². The monoisotopic (exact) mass is 588 g/mol. The van der Waals surface area contributed by atoms with Gasteiger partial charge in [0.05, 0.1) is 35.7 Å². The highest BCUT2D eigenvalue weighted by atomic mass is 16.5. The van der Waals surface area contributed by atoms with E-state index in [-0.39, 0.29) is 58.6 Å². The number of aromatic carboxylic acids is 2. The van der Waals surface area contributed by atoms with Crippen LogP contribution in [0.25, 0.3) is 23.5 Å². The molecule has 0 saturated heterocycles. The summed E-state index contributed by atoms with van der Waals surface area (Å²) in [6.45, 7) is 3.46. The summed E-state index contributed by atoms with van der Waals surface area (Å²) in [6.07, 6.45) is 2.33. The van der Waals surface area contributed by atoms with E-state index in [1.54, 1.807) is 13.8 Å². The van der Waals surface area contributed by atoms with Crippen molar-refractivity contribution in [1.82, 2.24) is 19.1 Å². The predicted molar refractivity (Wildman–Crippen MR) is 154 cm³/mol. The number of nitrogens with one attached hydrogen (secondary N) is 2. The molecule has 14 heteroatoms. The van der Waals surface area contributed by atoms with Crippen molar-refractivity contribution in [2.24, 2.45) is 0 Å². The molecule has 0 saturated carbocycles. The highest BCUT2D eigenvalue weighted by Crippen LogP contribution is 2.16. The van der Waals surface area contributed by atoms with Gasteiger partial charge in [-0.05, 0) is 74.5 Å². The van der Waals surface area contributed by atoms with E-state index in [2.05, 4.69) is 15.7 Å². The number of rotatable bonds is 10. The Morgan fingerprint density at radius 3 is 1.35 bits per heavy atom. The van der Waals surface area contributed by atoms with E-state index in [0.717, 1.165) is 21.3 Å². The Labute approximate surface area is 241 Å². The fraction of sp³-hybridized carbons (Fsp3) is 0.138. The van der Waals surface area contributed by atoms with Crippen LogP contribution in [0.3, 0.4) is 0 Å². The molecular weight excluding hydrogens is 564 g/mol. The second-order valence-electron chi connectivity index (χ2n) is 8.65. The summed E-state index contributed by atoms with van der Waals surface area (Å²) in [4.78, 5) is 79.7. The third-order valence-corrected chi connectivity index (χ3v) is 5.98. The fourth-order valence-electron chi connectivity index (χ4n) is 4.01. The summed E-state index contributed by atoms with van der Waals surface area (Å²) in [5.41, 5.74) is -0.813. The van der Waals surface area contributed by atoms with E-state index in [1.807, 2.05) is 0 Å². The molecule has 2 aromatic carbocycles. The topological polar surface area (TPSA) is 203 Å². The van der Waals surface area contributed by atoms with Crippen LogP contribution < -0.4 is 32.0 Å². The molecule has 0 atom stereocenters. The molecule has 220 valence electrons. The Kier molecular flexibility index (Phi) is 8.73. The van der Waals surface area contributed by atoms with E-state index < -0.39 is 34.4 Å². The van der Waals surface area contributed by atoms with Crippen LogP contribution in [0.1, 0.15) is 45.7 Å². The van der Waals surface area contributed by atoms with Gasteiger partial charge in [-0.3, -0.25) is 19.6 Å². The lowest BCUT2D eigenvalue weighted by Gasteiger charge is -2.11. The minimum Gasteiger partial charge on any atom is -0.479 e. The molecule has 2 aromatic heterocycles. The first-order chi connectivity index (χ1) is 20.6. The number of aromatic nitrogens is 4. The highest BCUT2D eigenvalue weighted by molar-refractivity contribution is 5.88. The summed E-state index contributed by atoms with van der Waals surface area (Å²) in [7, 11) is 0. The van der Waals surface area contributed by atoms with Crippen molar-refractivity contribution in [2.75, 3.05) is 13.2 Å². The number of carboxylic acids is 2. The number of ether oxygens (including phenoxy) is 2. The second kappa shape index (κ2) is 12.6. The van der Waals surface area contributed by atoms with Crippen LogP contribution in [-0.4, -0.2) is 54.5 Å². The zero-order valence-electron chi connectivity index (χ0n) is 22.7. The van der Waals surface area contributed by atoms with E-state index in [0.29, 0.717) is 0 Å². The van der Waals surface area contributed by atoms with Crippen molar-refractivity contribution in [2.45, 2.75) is 13.8 Å². The van der Waals surface area contributed by atoms with Crippen LogP contribution in [-0.2, 0) is 0 Å². The zero-order chi connectivity index (χ0) is 31.3. The molecule has 4 N–H and O–H groups in total. The Morgan fingerprint density at radius 2 is 1.05 bits per heavy atom. The van der Waals surface area contributed by atoms with Gasteiger partial charge in [-0.15, -0.1) is 5.73 Å². The average molecular weight is 589 g/mol. The predicted octanol–water partition coefficient (Wildman–Crippen LogP) is 1.88. The Balaban J connectivity index is 1.88. The van der Waals surface area contributed by atoms with Crippen molar-refractivity contribution in [3.8, 4) is 23.1 Å². The van der Waals surface area contributed by atoms with Gasteiger partial charge in [0.15, 0.2) is 0 Å². The van der Waals surface area contributed by atoms with Gasteiger partial charge in [-0.1, -0.05) is 0 Å². The van der Waals surface area contributed by atoms with E-state index >= 15 is 0 Å². The fourth-order valence-corrected chi connectivity index (χ4v) is 4.01. The third-order valence-electron chi connectivity index (χ3n) is 5.98. The first kappa shape index (κ1) is 29.8. The Bertz CT molecular complexity index is 1860. The second-order valence-corrected chi connectivity index (χ2v) is 8.65. The normalized spacial score (nSPS) is 10.5. The van der Waals surface area contributed by atoms with Gasteiger partial charge in [-0.25, -0.2) is 28.3 Å². The molecule has 0 fully saturated rings.